The molecule has 228 valence electrons. The molecule has 4 N–H and O–H groups in total. The van der Waals surface area contributed by atoms with Crippen molar-refractivity contribution in [3.8, 4) is 0 Å². The number of nitrogens with one attached hydrogen (secondary N) is 2. The molecule has 0 aromatic carbocycles. The van der Waals surface area contributed by atoms with Crippen LogP contribution in [0.15, 0.2) is 0 Å². The average molecular weight is 569 g/mol. The Morgan fingerprint density at radius 2 is 1.67 bits per heavy atom. The van der Waals surface area contributed by atoms with Crippen molar-refractivity contribution in [3.05, 3.63) is 0 Å². The number of hydrogen-bond acceptors (Lipinski definition) is 7. The molecule has 0 saturated heterocycles. The Labute approximate surface area is 239 Å². The second kappa shape index (κ2) is 13.8. The van der Waals surface area contributed by atoms with E-state index in [0.717, 1.165) is 62.7 Å². The summed E-state index contributed by atoms with van der Waals surface area (Å²) in [5.74, 6) is 4.73. The maximum Gasteiger partial charge on any atom is 0.217 e. The van der Waals surface area contributed by atoms with Gasteiger partial charge in [-0.3, -0.25) is 4.18 Å². The lowest BCUT2D eigenvalue weighted by atomic mass is 9.44. The van der Waals surface area contributed by atoms with Gasteiger partial charge in [0.2, 0.25) is 10.4 Å². The van der Waals surface area contributed by atoms with E-state index in [9.17, 15) is 13.0 Å². The van der Waals surface area contributed by atoms with E-state index in [2.05, 4.69) is 35.6 Å². The minimum Gasteiger partial charge on any atom is -0.726 e. The summed E-state index contributed by atoms with van der Waals surface area (Å²) in [6.45, 7) is 11.7. The maximum atomic E-state index is 10.8. The predicted molar refractivity (Wildman–Crippen MR) is 157 cm³/mol. The molecule has 4 fully saturated rings. The molecule has 0 spiro atoms. The minimum absolute atomic E-state index is 0.0233. The molecule has 9 atom stereocenters. The highest BCUT2D eigenvalue weighted by molar-refractivity contribution is 7.80. The van der Waals surface area contributed by atoms with Crippen LogP contribution in [0.3, 0.4) is 0 Å². The lowest BCUT2D eigenvalue weighted by Gasteiger charge is -2.61. The van der Waals surface area contributed by atoms with Crippen LogP contribution >= 0.6 is 0 Å². The van der Waals surface area contributed by atoms with Gasteiger partial charge in [-0.05, 0) is 162 Å². The Bertz CT molecular complexity index is 872. The standard InChI is InChI=1S/C31H59N3O4S/c1-23(8-6-21-38-39(35,36)37)27-11-12-28-26-10-9-24-22-25(34-20-7-19-33-18-5-4-17-32)13-15-30(24,2)29(26)14-16-31(27,28)3/h23-29,33-34H,4-22,32H2,1-3H3,(H,35,36,37)/p-1. The summed E-state index contributed by atoms with van der Waals surface area (Å²) in [5, 5.41) is 7.47. The molecule has 4 aliphatic rings. The topological polar surface area (TPSA) is 117 Å². The molecular weight excluding hydrogens is 510 g/mol. The average Bonchev–Trinajstić information content (AvgIpc) is 3.25. The summed E-state index contributed by atoms with van der Waals surface area (Å²) < 4.78 is 36.8. The predicted octanol–water partition coefficient (Wildman–Crippen LogP) is 5.22. The van der Waals surface area contributed by atoms with Crippen LogP contribution in [0, 0.1) is 46.3 Å². The Hall–Kier alpha value is -0.250. The van der Waals surface area contributed by atoms with Gasteiger partial charge in [-0.25, -0.2) is 8.42 Å². The lowest BCUT2D eigenvalue weighted by Crippen LogP contribution is -2.55. The third kappa shape index (κ3) is 7.59. The van der Waals surface area contributed by atoms with Crippen LogP contribution in [-0.4, -0.2) is 51.8 Å². The highest BCUT2D eigenvalue weighted by atomic mass is 32.3. The number of fused-ring (bicyclic) bond motifs is 5. The Morgan fingerprint density at radius 3 is 2.44 bits per heavy atom. The summed E-state index contributed by atoms with van der Waals surface area (Å²) in [7, 11) is -4.58. The van der Waals surface area contributed by atoms with E-state index in [1.807, 2.05) is 0 Å². The van der Waals surface area contributed by atoms with E-state index in [-0.39, 0.29) is 6.61 Å². The lowest BCUT2D eigenvalue weighted by molar-refractivity contribution is -0.118. The van der Waals surface area contributed by atoms with E-state index >= 15 is 0 Å². The van der Waals surface area contributed by atoms with Gasteiger partial charge in [0.1, 0.15) is 0 Å². The van der Waals surface area contributed by atoms with Gasteiger partial charge >= 0.3 is 0 Å². The molecule has 0 amide bonds. The van der Waals surface area contributed by atoms with E-state index in [1.165, 1.54) is 70.6 Å². The van der Waals surface area contributed by atoms with Crippen molar-refractivity contribution in [2.24, 2.45) is 52.1 Å². The number of hydrogen-bond donors (Lipinski definition) is 3. The normalized spacial score (nSPS) is 39.1. The van der Waals surface area contributed by atoms with Crippen molar-refractivity contribution >= 4 is 10.4 Å². The van der Waals surface area contributed by atoms with Gasteiger partial charge in [-0.15, -0.1) is 0 Å². The molecular formula is C31H58N3O4S-. The van der Waals surface area contributed by atoms with Crippen molar-refractivity contribution in [1.29, 1.82) is 0 Å². The largest absolute Gasteiger partial charge is 0.726 e. The number of rotatable bonds is 15. The third-order valence-electron chi connectivity index (χ3n) is 12.2. The smallest absolute Gasteiger partial charge is 0.217 e. The monoisotopic (exact) mass is 568 g/mol. The Morgan fingerprint density at radius 1 is 0.923 bits per heavy atom. The van der Waals surface area contributed by atoms with Crippen molar-refractivity contribution in [2.75, 3.05) is 32.8 Å². The van der Waals surface area contributed by atoms with E-state index in [1.54, 1.807) is 0 Å². The SMILES string of the molecule is CC(CCCOS(=O)(=O)[O-])C1CCC2C3CCC4CC(NCCCNCCCCN)CCC4(C)C3CCC12C. The molecule has 8 heteroatoms. The Kier molecular flexibility index (Phi) is 11.2. The quantitative estimate of drug-likeness (QED) is 0.141. The fourth-order valence-electron chi connectivity index (χ4n) is 10.2. The first kappa shape index (κ1) is 31.7. The molecule has 0 heterocycles. The second-order valence-corrected chi connectivity index (χ2v) is 15.3. The molecule has 0 radical (unpaired) electrons. The molecule has 7 nitrogen and oxygen atoms in total. The fourth-order valence-corrected chi connectivity index (χ4v) is 10.5. The molecule has 0 aromatic rings. The third-order valence-corrected chi connectivity index (χ3v) is 12.7. The summed E-state index contributed by atoms with van der Waals surface area (Å²) in [5.41, 5.74) is 6.50. The van der Waals surface area contributed by atoms with Crippen molar-refractivity contribution in [2.45, 2.75) is 117 Å². The zero-order valence-electron chi connectivity index (χ0n) is 25.1. The van der Waals surface area contributed by atoms with E-state index in [4.69, 9.17) is 5.73 Å². The van der Waals surface area contributed by atoms with Crippen LogP contribution in [0.2, 0.25) is 0 Å². The van der Waals surface area contributed by atoms with Crippen LogP contribution in [0.5, 0.6) is 0 Å². The summed E-state index contributed by atoms with van der Waals surface area (Å²) in [6, 6.07) is 0.697. The molecule has 0 bridgehead atoms. The number of unbranched alkanes of at least 4 members (excludes halogenated alkanes) is 1. The van der Waals surface area contributed by atoms with Gasteiger partial charge in [0.15, 0.2) is 0 Å². The van der Waals surface area contributed by atoms with Crippen molar-refractivity contribution in [1.82, 2.24) is 10.6 Å². The van der Waals surface area contributed by atoms with Crippen LogP contribution in [0.1, 0.15) is 111 Å². The van der Waals surface area contributed by atoms with Gasteiger partial charge in [0, 0.05) is 6.04 Å². The highest BCUT2D eigenvalue weighted by Gasteiger charge is 2.60. The molecule has 0 aliphatic heterocycles. The molecule has 9 unspecified atom stereocenters. The first-order chi connectivity index (χ1) is 18.6. The van der Waals surface area contributed by atoms with Crippen LogP contribution in [-0.2, 0) is 14.6 Å². The van der Waals surface area contributed by atoms with Crippen LogP contribution in [0.25, 0.3) is 0 Å². The minimum atomic E-state index is -4.58. The molecule has 39 heavy (non-hydrogen) atoms. The first-order valence-corrected chi connectivity index (χ1v) is 17.7. The molecule has 0 aromatic heterocycles. The summed E-state index contributed by atoms with van der Waals surface area (Å²) in [4.78, 5) is 0. The fraction of sp³-hybridized carbons (Fsp3) is 1.00. The van der Waals surface area contributed by atoms with Crippen LogP contribution < -0.4 is 16.4 Å². The van der Waals surface area contributed by atoms with Crippen LogP contribution in [0.4, 0.5) is 0 Å². The van der Waals surface area contributed by atoms with Gasteiger partial charge < -0.3 is 20.9 Å². The molecule has 4 rings (SSSR count). The van der Waals surface area contributed by atoms with Gasteiger partial charge in [0.05, 0.1) is 6.61 Å². The second-order valence-electron chi connectivity index (χ2n) is 14.3. The summed E-state index contributed by atoms with van der Waals surface area (Å²) in [6.07, 6.45) is 17.4. The van der Waals surface area contributed by atoms with Crippen molar-refractivity contribution < 1.29 is 17.2 Å². The maximum absolute atomic E-state index is 10.8. The zero-order valence-corrected chi connectivity index (χ0v) is 25.9. The Balaban J connectivity index is 1.25. The zero-order chi connectivity index (χ0) is 28.1. The molecule has 4 saturated carbocycles. The highest BCUT2D eigenvalue weighted by Crippen LogP contribution is 2.68. The van der Waals surface area contributed by atoms with Crippen molar-refractivity contribution in [3.63, 3.8) is 0 Å². The van der Waals surface area contributed by atoms with Gasteiger partial charge in [0.25, 0.3) is 0 Å². The van der Waals surface area contributed by atoms with E-state index < -0.39 is 10.4 Å². The van der Waals surface area contributed by atoms with Gasteiger partial charge in [-0.2, -0.15) is 0 Å². The van der Waals surface area contributed by atoms with E-state index in [0.29, 0.717) is 35.1 Å². The first-order valence-electron chi connectivity index (χ1n) is 16.3. The molecule has 4 aliphatic carbocycles. The number of nitrogens with two attached hydrogens (primary N) is 1. The summed E-state index contributed by atoms with van der Waals surface area (Å²) >= 11 is 0. The van der Waals surface area contributed by atoms with Gasteiger partial charge in [-0.1, -0.05) is 20.8 Å².